The molecule has 1 aromatic carbocycles. The third-order valence-corrected chi connectivity index (χ3v) is 4.09. The van der Waals surface area contributed by atoms with E-state index in [0.717, 1.165) is 11.3 Å². The molecule has 0 bridgehead atoms. The van der Waals surface area contributed by atoms with Crippen LogP contribution in [-0.2, 0) is 10.4 Å². The molecular weight excluding hydrogens is 254 g/mol. The molecule has 0 spiro atoms. The lowest BCUT2D eigenvalue weighted by Gasteiger charge is -2.41. The van der Waals surface area contributed by atoms with Gasteiger partial charge < -0.3 is 14.7 Å². The van der Waals surface area contributed by atoms with E-state index in [1.807, 2.05) is 43.3 Å². The standard InChI is InChI=1S/C16H23NO3/c1-17(2)11-13-9-14(18)7-8-16(13,19)12-5-4-6-15(10-12)20-3/h4-6,10,13,19H,7-9,11H2,1-3H3/t13-,16+/m1/s1. The van der Waals surface area contributed by atoms with E-state index in [9.17, 15) is 9.90 Å². The number of Topliss-reactive ketones (excluding diaryl/α,β-unsaturated/α-hetero) is 1. The quantitative estimate of drug-likeness (QED) is 0.912. The number of ether oxygens (including phenoxy) is 1. The van der Waals surface area contributed by atoms with Crippen LogP contribution >= 0.6 is 0 Å². The number of carbonyl (C=O) groups excluding carboxylic acids is 1. The Morgan fingerprint density at radius 1 is 1.45 bits per heavy atom. The van der Waals surface area contributed by atoms with Crippen molar-refractivity contribution in [3.05, 3.63) is 29.8 Å². The Kier molecular flexibility index (Phi) is 4.45. The van der Waals surface area contributed by atoms with E-state index >= 15 is 0 Å². The van der Waals surface area contributed by atoms with Crippen molar-refractivity contribution in [3.8, 4) is 5.75 Å². The largest absolute Gasteiger partial charge is 0.497 e. The van der Waals surface area contributed by atoms with Crippen molar-refractivity contribution in [1.82, 2.24) is 4.90 Å². The first-order valence-electron chi connectivity index (χ1n) is 6.99. The molecule has 4 nitrogen and oxygen atoms in total. The van der Waals surface area contributed by atoms with Crippen LogP contribution in [0.4, 0.5) is 0 Å². The Bertz CT molecular complexity index is 486. The summed E-state index contributed by atoms with van der Waals surface area (Å²) in [6, 6.07) is 7.54. The molecule has 4 heteroatoms. The van der Waals surface area contributed by atoms with Gasteiger partial charge in [0.15, 0.2) is 0 Å². The summed E-state index contributed by atoms with van der Waals surface area (Å²) < 4.78 is 5.24. The number of rotatable bonds is 4. The number of aliphatic hydroxyl groups is 1. The highest BCUT2D eigenvalue weighted by Crippen LogP contribution is 2.41. The number of nitrogens with zero attached hydrogens (tertiary/aromatic N) is 1. The molecule has 110 valence electrons. The maximum Gasteiger partial charge on any atom is 0.133 e. The first kappa shape index (κ1) is 15.0. The van der Waals surface area contributed by atoms with Gasteiger partial charge in [-0.1, -0.05) is 12.1 Å². The van der Waals surface area contributed by atoms with Crippen molar-refractivity contribution in [2.45, 2.75) is 24.9 Å². The van der Waals surface area contributed by atoms with Gasteiger partial charge in [0.2, 0.25) is 0 Å². The van der Waals surface area contributed by atoms with E-state index in [-0.39, 0.29) is 11.7 Å². The van der Waals surface area contributed by atoms with Crippen molar-refractivity contribution >= 4 is 5.78 Å². The van der Waals surface area contributed by atoms with Crippen LogP contribution in [0.3, 0.4) is 0 Å². The Labute approximate surface area is 120 Å². The van der Waals surface area contributed by atoms with Crippen LogP contribution in [0.5, 0.6) is 5.75 Å². The van der Waals surface area contributed by atoms with Gasteiger partial charge in [-0.3, -0.25) is 4.79 Å². The van der Waals surface area contributed by atoms with Crippen molar-refractivity contribution in [3.63, 3.8) is 0 Å². The fourth-order valence-corrected chi connectivity index (χ4v) is 3.01. The molecule has 0 amide bonds. The van der Waals surface area contributed by atoms with Gasteiger partial charge >= 0.3 is 0 Å². The van der Waals surface area contributed by atoms with Crippen LogP contribution in [-0.4, -0.2) is 43.5 Å². The van der Waals surface area contributed by atoms with E-state index in [4.69, 9.17) is 4.74 Å². The van der Waals surface area contributed by atoms with Crippen molar-refractivity contribution in [2.75, 3.05) is 27.7 Å². The Balaban J connectivity index is 2.34. The molecule has 0 unspecified atom stereocenters. The van der Waals surface area contributed by atoms with Gasteiger partial charge in [0.1, 0.15) is 11.5 Å². The Morgan fingerprint density at radius 3 is 2.85 bits per heavy atom. The molecular formula is C16H23NO3. The summed E-state index contributed by atoms with van der Waals surface area (Å²) in [5.41, 5.74) is -0.108. The summed E-state index contributed by atoms with van der Waals surface area (Å²) in [5.74, 6) is 0.895. The minimum Gasteiger partial charge on any atom is -0.497 e. The molecule has 0 heterocycles. The van der Waals surface area contributed by atoms with Crippen LogP contribution < -0.4 is 4.74 Å². The summed E-state index contributed by atoms with van der Waals surface area (Å²) in [6.07, 6.45) is 1.36. The number of ketones is 1. The van der Waals surface area contributed by atoms with E-state index in [2.05, 4.69) is 0 Å². The predicted molar refractivity (Wildman–Crippen MR) is 77.8 cm³/mol. The molecule has 0 saturated heterocycles. The summed E-state index contributed by atoms with van der Waals surface area (Å²) >= 11 is 0. The number of benzene rings is 1. The van der Waals surface area contributed by atoms with Gasteiger partial charge in [0.25, 0.3) is 0 Å². The fraction of sp³-hybridized carbons (Fsp3) is 0.562. The van der Waals surface area contributed by atoms with Crippen molar-refractivity contribution in [2.24, 2.45) is 5.92 Å². The van der Waals surface area contributed by atoms with E-state index in [0.29, 0.717) is 25.8 Å². The number of hydrogen-bond donors (Lipinski definition) is 1. The molecule has 1 aromatic rings. The SMILES string of the molecule is COc1cccc([C@@]2(O)CCC(=O)C[C@@H]2CN(C)C)c1. The smallest absolute Gasteiger partial charge is 0.133 e. The number of hydrogen-bond acceptors (Lipinski definition) is 4. The van der Waals surface area contributed by atoms with Crippen LogP contribution in [0.15, 0.2) is 24.3 Å². The van der Waals surface area contributed by atoms with Gasteiger partial charge in [-0.15, -0.1) is 0 Å². The summed E-state index contributed by atoms with van der Waals surface area (Å²) in [6.45, 7) is 0.694. The van der Waals surface area contributed by atoms with Crippen molar-refractivity contribution in [1.29, 1.82) is 0 Å². The lowest BCUT2D eigenvalue weighted by molar-refractivity contribution is -0.133. The van der Waals surface area contributed by atoms with Crippen LogP contribution in [0.1, 0.15) is 24.8 Å². The average molecular weight is 277 g/mol. The highest BCUT2D eigenvalue weighted by Gasteiger charge is 2.43. The first-order valence-corrected chi connectivity index (χ1v) is 6.99. The van der Waals surface area contributed by atoms with Crippen molar-refractivity contribution < 1.29 is 14.6 Å². The second kappa shape index (κ2) is 5.94. The van der Waals surface area contributed by atoms with Gasteiger partial charge in [-0.25, -0.2) is 0 Å². The molecule has 2 rings (SSSR count). The molecule has 1 fully saturated rings. The Morgan fingerprint density at radius 2 is 2.20 bits per heavy atom. The third kappa shape index (κ3) is 3.02. The zero-order valence-corrected chi connectivity index (χ0v) is 12.4. The number of methoxy groups -OCH3 is 1. The lowest BCUT2D eigenvalue weighted by Crippen LogP contribution is -2.45. The minimum atomic E-state index is -0.952. The molecule has 0 radical (unpaired) electrons. The van der Waals surface area contributed by atoms with E-state index in [1.54, 1.807) is 7.11 Å². The minimum absolute atomic E-state index is 0.0779. The van der Waals surface area contributed by atoms with E-state index in [1.165, 1.54) is 0 Å². The maximum atomic E-state index is 11.7. The lowest BCUT2D eigenvalue weighted by atomic mass is 9.71. The van der Waals surface area contributed by atoms with Crippen LogP contribution in [0.25, 0.3) is 0 Å². The molecule has 0 aliphatic heterocycles. The van der Waals surface area contributed by atoms with Crippen LogP contribution in [0.2, 0.25) is 0 Å². The topological polar surface area (TPSA) is 49.8 Å². The third-order valence-electron chi connectivity index (χ3n) is 4.09. The zero-order chi connectivity index (χ0) is 14.8. The predicted octanol–water partition coefficient (Wildman–Crippen LogP) is 1.81. The highest BCUT2D eigenvalue weighted by molar-refractivity contribution is 5.80. The molecule has 1 saturated carbocycles. The average Bonchev–Trinajstić information content (AvgIpc) is 2.42. The molecule has 0 aromatic heterocycles. The molecule has 1 N–H and O–H groups in total. The summed E-state index contributed by atoms with van der Waals surface area (Å²) in [5, 5.41) is 11.2. The maximum absolute atomic E-state index is 11.7. The van der Waals surface area contributed by atoms with Gasteiger partial charge in [-0.2, -0.15) is 0 Å². The van der Waals surface area contributed by atoms with E-state index < -0.39 is 5.60 Å². The molecule has 20 heavy (non-hydrogen) atoms. The molecule has 1 aliphatic carbocycles. The fourth-order valence-electron chi connectivity index (χ4n) is 3.01. The molecule has 1 aliphatic rings. The second-order valence-electron chi connectivity index (χ2n) is 5.86. The Hall–Kier alpha value is -1.39. The zero-order valence-electron chi connectivity index (χ0n) is 12.4. The van der Waals surface area contributed by atoms with Gasteiger partial charge in [0.05, 0.1) is 12.7 Å². The van der Waals surface area contributed by atoms with Gasteiger partial charge in [0, 0.05) is 25.3 Å². The molecule has 2 atom stereocenters. The number of carbonyl (C=O) groups is 1. The van der Waals surface area contributed by atoms with Crippen LogP contribution in [0, 0.1) is 5.92 Å². The normalized spacial score (nSPS) is 26.9. The highest BCUT2D eigenvalue weighted by atomic mass is 16.5. The second-order valence-corrected chi connectivity index (χ2v) is 5.86. The van der Waals surface area contributed by atoms with Gasteiger partial charge in [-0.05, 0) is 38.2 Å². The summed E-state index contributed by atoms with van der Waals surface area (Å²) in [4.78, 5) is 13.8. The first-order chi connectivity index (χ1) is 9.45. The summed E-state index contributed by atoms with van der Waals surface area (Å²) in [7, 11) is 5.54. The monoisotopic (exact) mass is 277 g/mol.